The average molecular weight is 513 g/mol. The summed E-state index contributed by atoms with van der Waals surface area (Å²) >= 11 is 0. The van der Waals surface area contributed by atoms with Crippen molar-refractivity contribution in [3.63, 3.8) is 0 Å². The molecule has 0 radical (unpaired) electrons. The van der Waals surface area contributed by atoms with Gasteiger partial charge >= 0.3 is 5.69 Å². The van der Waals surface area contributed by atoms with Crippen molar-refractivity contribution in [1.82, 2.24) is 14.9 Å². The molecule has 2 heterocycles. The van der Waals surface area contributed by atoms with Gasteiger partial charge in [-0.05, 0) is 35.7 Å². The van der Waals surface area contributed by atoms with Crippen LogP contribution >= 0.6 is 0 Å². The highest BCUT2D eigenvalue weighted by molar-refractivity contribution is 5.50. The van der Waals surface area contributed by atoms with Gasteiger partial charge in [0.15, 0.2) is 0 Å². The number of aromatic amines is 1. The number of H-pyrrole nitrogens is 1. The molecule has 1 aromatic heterocycles. The van der Waals surface area contributed by atoms with Crippen molar-refractivity contribution < 1.29 is 9.47 Å². The largest absolute Gasteiger partial charge is 0.497 e. The van der Waals surface area contributed by atoms with E-state index >= 15 is 0 Å². The van der Waals surface area contributed by atoms with Crippen LogP contribution in [-0.2, 0) is 10.3 Å². The fourth-order valence-electron chi connectivity index (χ4n) is 5.20. The smallest absolute Gasteiger partial charge is 0.330 e. The zero-order valence-corrected chi connectivity index (χ0v) is 21.5. The van der Waals surface area contributed by atoms with E-state index in [0.29, 0.717) is 18.5 Å². The Labute approximate surface area is 221 Å². The molecule has 0 saturated carbocycles. The molecule has 0 spiro atoms. The van der Waals surface area contributed by atoms with Crippen LogP contribution in [0.2, 0.25) is 0 Å². The Morgan fingerprint density at radius 3 is 2.13 bits per heavy atom. The van der Waals surface area contributed by atoms with Gasteiger partial charge in [-0.1, -0.05) is 72.8 Å². The third-order valence-corrected chi connectivity index (χ3v) is 7.24. The van der Waals surface area contributed by atoms with E-state index < -0.39 is 23.0 Å². The van der Waals surface area contributed by atoms with E-state index in [4.69, 9.17) is 15.2 Å². The normalized spacial score (nSPS) is 19.4. The van der Waals surface area contributed by atoms with Crippen molar-refractivity contribution in [1.29, 1.82) is 0 Å². The summed E-state index contributed by atoms with van der Waals surface area (Å²) in [6.07, 6.45) is 1.04. The van der Waals surface area contributed by atoms with Gasteiger partial charge in [-0.25, -0.2) is 4.79 Å². The molecule has 0 amide bonds. The van der Waals surface area contributed by atoms with E-state index in [0.717, 1.165) is 22.4 Å². The van der Waals surface area contributed by atoms with Gasteiger partial charge < -0.3 is 15.2 Å². The molecule has 0 aliphatic carbocycles. The highest BCUT2D eigenvalue weighted by Gasteiger charge is 2.40. The van der Waals surface area contributed by atoms with Crippen molar-refractivity contribution in [2.45, 2.75) is 37.3 Å². The quantitative estimate of drug-likeness (QED) is 0.313. The maximum atomic E-state index is 12.5. The standard InChI is InChI=1S/C30H32N4O4/c1-20-19-34(29(36)33-28(20)35)27-17-25(31)26(38-27)18-32-30(21-9-5-3-6-10-21,22-11-7-4-8-12-22)23-13-15-24(37-2)16-14-23/h3-16,19,25-27,32H,17-18,31H2,1-2H3,(H,33,35,36)/t25-,26-,27-/m1/s1. The van der Waals surface area contributed by atoms with Gasteiger partial charge in [0.1, 0.15) is 12.0 Å². The summed E-state index contributed by atoms with van der Waals surface area (Å²) in [5, 5.41) is 3.81. The summed E-state index contributed by atoms with van der Waals surface area (Å²) in [6, 6.07) is 28.2. The van der Waals surface area contributed by atoms with Gasteiger partial charge in [-0.3, -0.25) is 19.7 Å². The van der Waals surface area contributed by atoms with Gasteiger partial charge in [0.05, 0.1) is 18.8 Å². The number of hydrogen-bond acceptors (Lipinski definition) is 6. The molecule has 1 saturated heterocycles. The summed E-state index contributed by atoms with van der Waals surface area (Å²) in [4.78, 5) is 26.7. The lowest BCUT2D eigenvalue weighted by Gasteiger charge is -2.38. The molecule has 4 aromatic rings. The van der Waals surface area contributed by atoms with Gasteiger partial charge in [0.25, 0.3) is 5.56 Å². The number of nitrogens with zero attached hydrogens (tertiary/aromatic N) is 1. The number of hydrogen-bond donors (Lipinski definition) is 3. The third-order valence-electron chi connectivity index (χ3n) is 7.24. The van der Waals surface area contributed by atoms with Crippen molar-refractivity contribution >= 4 is 0 Å². The van der Waals surface area contributed by atoms with E-state index in [2.05, 4.69) is 46.7 Å². The Morgan fingerprint density at radius 1 is 0.974 bits per heavy atom. The van der Waals surface area contributed by atoms with E-state index in [1.807, 2.05) is 48.5 Å². The highest BCUT2D eigenvalue weighted by Crippen LogP contribution is 2.38. The van der Waals surface area contributed by atoms with Crippen LogP contribution in [0.25, 0.3) is 0 Å². The van der Waals surface area contributed by atoms with Crippen LogP contribution in [0.5, 0.6) is 5.75 Å². The van der Waals surface area contributed by atoms with Crippen LogP contribution in [-0.4, -0.2) is 35.4 Å². The number of benzene rings is 3. The molecule has 3 atom stereocenters. The lowest BCUT2D eigenvalue weighted by molar-refractivity contribution is -0.00400. The Balaban J connectivity index is 1.52. The predicted octanol–water partition coefficient (Wildman–Crippen LogP) is 3.05. The van der Waals surface area contributed by atoms with E-state index in [1.165, 1.54) is 10.8 Å². The monoisotopic (exact) mass is 512 g/mol. The third kappa shape index (κ3) is 4.81. The fourth-order valence-corrected chi connectivity index (χ4v) is 5.20. The number of nitrogens with one attached hydrogen (secondary N) is 2. The van der Waals surface area contributed by atoms with Crippen LogP contribution < -0.4 is 27.0 Å². The second-order valence-electron chi connectivity index (χ2n) is 9.60. The summed E-state index contributed by atoms with van der Waals surface area (Å²) in [5.41, 5.74) is 8.52. The summed E-state index contributed by atoms with van der Waals surface area (Å²) in [7, 11) is 1.65. The predicted molar refractivity (Wildman–Crippen MR) is 146 cm³/mol. The fraction of sp³-hybridized carbons (Fsp3) is 0.267. The number of rotatable bonds is 8. The first-order valence-corrected chi connectivity index (χ1v) is 12.7. The molecule has 0 unspecified atom stereocenters. The van der Waals surface area contributed by atoms with Gasteiger partial charge in [-0.2, -0.15) is 0 Å². The molecule has 0 bridgehead atoms. The summed E-state index contributed by atoms with van der Waals surface area (Å²) < 4.78 is 13.1. The summed E-state index contributed by atoms with van der Waals surface area (Å²) in [5.74, 6) is 0.773. The molecule has 4 N–H and O–H groups in total. The number of aromatic nitrogens is 2. The lowest BCUT2D eigenvalue weighted by Crippen LogP contribution is -2.50. The Kier molecular flexibility index (Phi) is 7.28. The topological polar surface area (TPSA) is 111 Å². The highest BCUT2D eigenvalue weighted by atomic mass is 16.5. The zero-order valence-electron chi connectivity index (χ0n) is 21.5. The van der Waals surface area contributed by atoms with Crippen molar-refractivity contribution in [2.24, 2.45) is 5.73 Å². The van der Waals surface area contributed by atoms with E-state index in [9.17, 15) is 9.59 Å². The Bertz CT molecular complexity index is 1440. The SMILES string of the molecule is COc1ccc(C(NC[C@H]2O[C@@H](n3cc(C)c(=O)[nH]c3=O)C[C@H]2N)(c2ccccc2)c2ccccc2)cc1. The Morgan fingerprint density at radius 2 is 1.55 bits per heavy atom. The van der Waals surface area contributed by atoms with Crippen LogP contribution in [0.15, 0.2) is 101 Å². The summed E-state index contributed by atoms with van der Waals surface area (Å²) in [6.45, 7) is 2.08. The first-order chi connectivity index (χ1) is 18.4. The molecule has 1 aliphatic rings. The van der Waals surface area contributed by atoms with Crippen molar-refractivity contribution in [3.05, 3.63) is 134 Å². The van der Waals surface area contributed by atoms with Crippen LogP contribution in [0.4, 0.5) is 0 Å². The molecule has 1 aliphatic heterocycles. The van der Waals surface area contributed by atoms with Gasteiger partial charge in [0.2, 0.25) is 0 Å². The average Bonchev–Trinajstić information content (AvgIpc) is 3.32. The van der Waals surface area contributed by atoms with E-state index in [1.54, 1.807) is 14.0 Å². The number of methoxy groups -OCH3 is 1. The lowest BCUT2D eigenvalue weighted by atomic mass is 9.76. The number of aryl methyl sites for hydroxylation is 1. The molecule has 8 heteroatoms. The van der Waals surface area contributed by atoms with Gasteiger partial charge in [0, 0.05) is 30.8 Å². The second kappa shape index (κ2) is 10.8. The first-order valence-electron chi connectivity index (χ1n) is 12.7. The van der Waals surface area contributed by atoms with Gasteiger partial charge in [-0.15, -0.1) is 0 Å². The Hall–Kier alpha value is -3.98. The van der Waals surface area contributed by atoms with Crippen LogP contribution in [0.3, 0.4) is 0 Å². The number of nitrogens with two attached hydrogens (primary N) is 1. The maximum absolute atomic E-state index is 12.5. The van der Waals surface area contributed by atoms with Crippen molar-refractivity contribution in [3.8, 4) is 5.75 Å². The van der Waals surface area contributed by atoms with Crippen LogP contribution in [0, 0.1) is 6.92 Å². The minimum atomic E-state index is -0.707. The molecule has 3 aromatic carbocycles. The molecule has 38 heavy (non-hydrogen) atoms. The molecule has 196 valence electrons. The van der Waals surface area contributed by atoms with Crippen molar-refractivity contribution in [2.75, 3.05) is 13.7 Å². The zero-order chi connectivity index (χ0) is 26.7. The number of ether oxygens (including phenoxy) is 2. The molecular weight excluding hydrogens is 480 g/mol. The molecule has 5 rings (SSSR count). The molecular formula is C30H32N4O4. The maximum Gasteiger partial charge on any atom is 0.330 e. The van der Waals surface area contributed by atoms with E-state index in [-0.39, 0.29) is 12.1 Å². The van der Waals surface area contributed by atoms with Crippen LogP contribution in [0.1, 0.15) is 34.9 Å². The first kappa shape index (κ1) is 25.7. The minimum absolute atomic E-state index is 0.313. The second-order valence-corrected chi connectivity index (χ2v) is 9.60. The molecule has 8 nitrogen and oxygen atoms in total. The molecule has 1 fully saturated rings. The minimum Gasteiger partial charge on any atom is -0.497 e.